The molecule has 3 aromatic rings. The maximum Gasteiger partial charge on any atom is 0.292 e. The molecule has 10 heteroatoms. The molecule has 1 aliphatic heterocycles. The minimum atomic E-state index is -0.584. The highest BCUT2D eigenvalue weighted by Gasteiger charge is 2.32. The molecular formula is C24H17FN4O4S. The van der Waals surface area contributed by atoms with Gasteiger partial charge in [-0.3, -0.25) is 24.6 Å². The number of anilines is 2. The van der Waals surface area contributed by atoms with E-state index in [1.807, 2.05) is 30.3 Å². The smallest absolute Gasteiger partial charge is 0.292 e. The highest BCUT2D eigenvalue weighted by atomic mass is 32.2. The number of aliphatic imine (C=N–C) groups is 1. The van der Waals surface area contributed by atoms with Gasteiger partial charge >= 0.3 is 0 Å². The number of rotatable bonds is 6. The predicted molar refractivity (Wildman–Crippen MR) is 130 cm³/mol. The van der Waals surface area contributed by atoms with E-state index >= 15 is 0 Å². The second-order valence-corrected chi connectivity index (χ2v) is 8.01. The molecule has 0 unspecified atom stereocenters. The van der Waals surface area contributed by atoms with Crippen LogP contribution in [0.5, 0.6) is 0 Å². The average molecular weight is 476 g/mol. The molecule has 0 atom stereocenters. The molecule has 0 bridgehead atoms. The summed E-state index contributed by atoms with van der Waals surface area (Å²) in [5.41, 5.74) is 1.18. The van der Waals surface area contributed by atoms with Crippen LogP contribution >= 0.6 is 11.8 Å². The first-order chi connectivity index (χ1) is 16.4. The molecule has 0 spiro atoms. The summed E-state index contributed by atoms with van der Waals surface area (Å²) >= 11 is 0.989. The third-order valence-corrected chi connectivity index (χ3v) is 5.66. The van der Waals surface area contributed by atoms with Gasteiger partial charge < -0.3 is 5.32 Å². The minimum absolute atomic E-state index is 0.0718. The van der Waals surface area contributed by atoms with Gasteiger partial charge in [-0.25, -0.2) is 9.38 Å². The van der Waals surface area contributed by atoms with E-state index in [0.29, 0.717) is 5.69 Å². The number of carbonyl (C=O) groups excluding carboxylic acids is 2. The largest absolute Gasteiger partial charge is 0.320 e. The van der Waals surface area contributed by atoms with Crippen LogP contribution in [-0.2, 0) is 9.59 Å². The van der Waals surface area contributed by atoms with Gasteiger partial charge in [0.15, 0.2) is 5.17 Å². The minimum Gasteiger partial charge on any atom is -0.320 e. The van der Waals surface area contributed by atoms with E-state index in [1.165, 1.54) is 47.4 Å². The molecule has 0 aromatic heterocycles. The lowest BCUT2D eigenvalue weighted by Gasteiger charge is -2.17. The highest BCUT2D eigenvalue weighted by Crippen LogP contribution is 2.30. The Morgan fingerprint density at radius 2 is 1.74 bits per heavy atom. The van der Waals surface area contributed by atoms with E-state index in [2.05, 4.69) is 10.3 Å². The molecular weight excluding hydrogens is 459 g/mol. The van der Waals surface area contributed by atoms with Crippen molar-refractivity contribution in [3.8, 4) is 0 Å². The van der Waals surface area contributed by atoms with Gasteiger partial charge in [0.05, 0.1) is 16.4 Å². The number of hydrogen-bond acceptors (Lipinski definition) is 6. The van der Waals surface area contributed by atoms with Gasteiger partial charge in [-0.1, -0.05) is 54.2 Å². The van der Waals surface area contributed by atoms with Crippen molar-refractivity contribution in [3.05, 3.63) is 106 Å². The third-order valence-electron chi connectivity index (χ3n) is 4.72. The molecule has 0 fully saturated rings. The van der Waals surface area contributed by atoms with E-state index in [0.717, 1.165) is 17.3 Å². The molecule has 1 heterocycles. The zero-order chi connectivity index (χ0) is 24.1. The Bertz CT molecular complexity index is 1310. The monoisotopic (exact) mass is 476 g/mol. The number of hydrogen-bond donors (Lipinski definition) is 1. The lowest BCUT2D eigenvalue weighted by molar-refractivity contribution is -0.383. The molecule has 4 rings (SSSR count). The summed E-state index contributed by atoms with van der Waals surface area (Å²) in [7, 11) is 0. The van der Waals surface area contributed by atoms with Crippen molar-refractivity contribution in [2.24, 2.45) is 4.99 Å². The maximum absolute atomic E-state index is 13.4. The van der Waals surface area contributed by atoms with Crippen LogP contribution < -0.4 is 10.2 Å². The quantitative estimate of drug-likeness (QED) is 0.311. The number of benzene rings is 3. The first kappa shape index (κ1) is 22.9. The number of para-hydroxylation sites is 2. The Balaban J connectivity index is 1.56. The first-order valence-corrected chi connectivity index (χ1v) is 11.0. The van der Waals surface area contributed by atoms with Crippen LogP contribution in [0, 0.1) is 15.9 Å². The number of nitro benzene ring substituents is 1. The van der Waals surface area contributed by atoms with Crippen molar-refractivity contribution in [1.29, 1.82) is 0 Å². The molecule has 1 N–H and O–H groups in total. The molecule has 2 amide bonds. The van der Waals surface area contributed by atoms with Crippen molar-refractivity contribution in [2.45, 2.75) is 0 Å². The van der Waals surface area contributed by atoms with Crippen LogP contribution in [0.1, 0.15) is 5.56 Å². The standard InChI is InChI=1S/C24H17FN4O4S/c25-17-10-12-18(13-11-17)28-23(31)20(14-16-6-2-1-3-7-16)27-24(28)34-15-22(30)26-19-8-4-5-9-21(19)29(32)33/h1-14H,15H2,(H,26,30). The zero-order valence-electron chi connectivity index (χ0n) is 17.6. The Morgan fingerprint density at radius 3 is 2.44 bits per heavy atom. The summed E-state index contributed by atoms with van der Waals surface area (Å²) in [6.07, 6.45) is 1.62. The average Bonchev–Trinajstić information content (AvgIpc) is 3.14. The number of halogens is 1. The Kier molecular flexibility index (Phi) is 6.79. The fraction of sp³-hybridized carbons (Fsp3) is 0.0417. The first-order valence-electron chi connectivity index (χ1n) is 10.0. The summed E-state index contributed by atoms with van der Waals surface area (Å²) in [4.78, 5) is 41.9. The van der Waals surface area contributed by atoms with Crippen LogP contribution in [0.4, 0.5) is 21.5 Å². The van der Waals surface area contributed by atoms with Crippen molar-refractivity contribution in [1.82, 2.24) is 0 Å². The third kappa shape index (κ3) is 5.18. The van der Waals surface area contributed by atoms with Crippen LogP contribution in [0.15, 0.2) is 89.6 Å². The van der Waals surface area contributed by atoms with Crippen molar-refractivity contribution in [3.63, 3.8) is 0 Å². The van der Waals surface area contributed by atoms with E-state index in [1.54, 1.807) is 12.1 Å². The molecule has 0 radical (unpaired) electrons. The van der Waals surface area contributed by atoms with Crippen LogP contribution in [0.2, 0.25) is 0 Å². The number of nitrogens with one attached hydrogen (secondary N) is 1. The summed E-state index contributed by atoms with van der Waals surface area (Å²) < 4.78 is 13.4. The molecule has 1 aliphatic rings. The van der Waals surface area contributed by atoms with Crippen LogP contribution in [0.3, 0.4) is 0 Å². The highest BCUT2D eigenvalue weighted by molar-refractivity contribution is 8.14. The maximum atomic E-state index is 13.4. The normalized spacial score (nSPS) is 14.3. The number of thioether (sulfide) groups is 1. The molecule has 3 aromatic carbocycles. The van der Waals surface area contributed by atoms with Crippen molar-refractivity contribution < 1.29 is 18.9 Å². The van der Waals surface area contributed by atoms with Gasteiger partial charge in [-0.05, 0) is 42.0 Å². The number of amidine groups is 1. The van der Waals surface area contributed by atoms with Crippen LogP contribution in [0.25, 0.3) is 6.08 Å². The molecule has 0 saturated heterocycles. The number of nitrogens with zero attached hydrogens (tertiary/aromatic N) is 3. The topological polar surface area (TPSA) is 105 Å². The molecule has 170 valence electrons. The second kappa shape index (κ2) is 10.1. The fourth-order valence-corrected chi connectivity index (χ4v) is 3.99. The summed E-state index contributed by atoms with van der Waals surface area (Å²) in [6.45, 7) is 0. The molecule has 0 saturated carbocycles. The van der Waals surface area contributed by atoms with Crippen LogP contribution in [-0.4, -0.2) is 27.7 Å². The van der Waals surface area contributed by atoms with Gasteiger partial charge in [-0.15, -0.1) is 0 Å². The number of amides is 2. The van der Waals surface area contributed by atoms with Gasteiger partial charge in [0.2, 0.25) is 5.91 Å². The van der Waals surface area contributed by atoms with Crippen molar-refractivity contribution >= 4 is 51.9 Å². The van der Waals surface area contributed by atoms with E-state index < -0.39 is 22.6 Å². The summed E-state index contributed by atoms with van der Waals surface area (Å²) in [6, 6.07) is 20.3. The predicted octanol–water partition coefficient (Wildman–Crippen LogP) is 4.85. The number of nitro groups is 1. The van der Waals surface area contributed by atoms with E-state index in [4.69, 9.17) is 0 Å². The fourth-order valence-electron chi connectivity index (χ4n) is 3.17. The van der Waals surface area contributed by atoms with Gasteiger partial charge in [0.1, 0.15) is 17.2 Å². The Labute approximate surface area is 198 Å². The second-order valence-electron chi connectivity index (χ2n) is 7.06. The SMILES string of the molecule is O=C(CSC1=NC(=Cc2ccccc2)C(=O)N1c1ccc(F)cc1)Nc1ccccc1[N+](=O)[O-]. The van der Waals surface area contributed by atoms with E-state index in [-0.39, 0.29) is 28.0 Å². The number of carbonyl (C=O) groups is 2. The van der Waals surface area contributed by atoms with E-state index in [9.17, 15) is 24.1 Å². The molecule has 0 aliphatic carbocycles. The lowest BCUT2D eigenvalue weighted by Crippen LogP contribution is -2.31. The Hall–Kier alpha value is -4.31. The van der Waals surface area contributed by atoms with Gasteiger partial charge in [-0.2, -0.15) is 0 Å². The van der Waals surface area contributed by atoms with Crippen molar-refractivity contribution in [2.75, 3.05) is 16.0 Å². The zero-order valence-corrected chi connectivity index (χ0v) is 18.4. The lowest BCUT2D eigenvalue weighted by atomic mass is 10.2. The van der Waals surface area contributed by atoms with Gasteiger partial charge in [0.25, 0.3) is 11.6 Å². The van der Waals surface area contributed by atoms with Gasteiger partial charge in [0, 0.05) is 6.07 Å². The molecule has 8 nitrogen and oxygen atoms in total. The summed E-state index contributed by atoms with van der Waals surface area (Å²) in [5, 5.41) is 13.9. The Morgan fingerprint density at radius 1 is 1.06 bits per heavy atom. The summed E-state index contributed by atoms with van der Waals surface area (Å²) in [5.74, 6) is -1.54. The molecule has 34 heavy (non-hydrogen) atoms.